The Hall–Kier alpha value is -3.26. The van der Waals surface area contributed by atoms with Gasteiger partial charge in [-0.05, 0) is 5.56 Å². The molecule has 0 bridgehead atoms. The molecule has 2 aromatic carbocycles. The van der Waals surface area contributed by atoms with E-state index in [-0.39, 0.29) is 17.6 Å². The van der Waals surface area contributed by atoms with Crippen molar-refractivity contribution < 1.29 is 23.4 Å². The standard InChI is InChI=1S/C18H12ClF2N3O3/c19-16-8-17(23-10-22-16)27-15-7-12(20)14(6-13(15)21)24(18(25)26)9-11-4-2-1-3-5-11/h1-8,10H,9H2,(H,25,26). The zero-order valence-corrected chi connectivity index (χ0v) is 14.4. The molecule has 1 amide bonds. The maximum atomic E-state index is 14.5. The third kappa shape index (κ3) is 4.48. The molecule has 0 unspecified atom stereocenters. The van der Waals surface area contributed by atoms with Crippen molar-refractivity contribution in [2.45, 2.75) is 6.54 Å². The van der Waals surface area contributed by atoms with E-state index in [1.165, 1.54) is 6.07 Å². The number of hydrogen-bond donors (Lipinski definition) is 1. The molecule has 0 atom stereocenters. The lowest BCUT2D eigenvalue weighted by atomic mass is 10.2. The average Bonchev–Trinajstić information content (AvgIpc) is 2.63. The van der Waals surface area contributed by atoms with Gasteiger partial charge in [0, 0.05) is 18.2 Å². The van der Waals surface area contributed by atoms with Crippen molar-refractivity contribution in [1.82, 2.24) is 9.97 Å². The highest BCUT2D eigenvalue weighted by atomic mass is 35.5. The molecule has 0 aliphatic heterocycles. The number of carboxylic acid groups (broad SMARTS) is 1. The number of anilines is 1. The molecule has 0 aliphatic rings. The Kier molecular flexibility index (Phi) is 5.46. The largest absolute Gasteiger partial charge is 0.465 e. The fourth-order valence-corrected chi connectivity index (χ4v) is 2.45. The second kappa shape index (κ2) is 7.96. The number of benzene rings is 2. The Morgan fingerprint density at radius 2 is 1.85 bits per heavy atom. The number of rotatable bonds is 5. The van der Waals surface area contributed by atoms with Gasteiger partial charge in [-0.25, -0.2) is 23.5 Å². The first-order valence-corrected chi connectivity index (χ1v) is 8.00. The van der Waals surface area contributed by atoms with Crippen LogP contribution in [0, 0.1) is 11.6 Å². The summed E-state index contributed by atoms with van der Waals surface area (Å²) in [6.07, 6.45) is -0.319. The lowest BCUT2D eigenvalue weighted by Crippen LogP contribution is -2.29. The fourth-order valence-electron chi connectivity index (χ4n) is 2.31. The van der Waals surface area contributed by atoms with Gasteiger partial charge in [0.25, 0.3) is 0 Å². The van der Waals surface area contributed by atoms with Gasteiger partial charge in [0.1, 0.15) is 11.5 Å². The van der Waals surface area contributed by atoms with E-state index in [0.29, 0.717) is 10.5 Å². The van der Waals surface area contributed by atoms with Crippen molar-refractivity contribution in [1.29, 1.82) is 0 Å². The van der Waals surface area contributed by atoms with E-state index in [0.717, 1.165) is 18.5 Å². The molecule has 138 valence electrons. The summed E-state index contributed by atoms with van der Waals surface area (Å²) in [5.74, 6) is -2.47. The molecule has 1 aromatic heterocycles. The van der Waals surface area contributed by atoms with Crippen LogP contribution >= 0.6 is 11.6 Å². The lowest BCUT2D eigenvalue weighted by molar-refractivity contribution is 0.201. The van der Waals surface area contributed by atoms with Gasteiger partial charge in [-0.3, -0.25) is 4.90 Å². The molecule has 9 heteroatoms. The zero-order valence-electron chi connectivity index (χ0n) is 13.6. The highest BCUT2D eigenvalue weighted by Gasteiger charge is 2.22. The summed E-state index contributed by atoms with van der Waals surface area (Å²) < 4.78 is 34.1. The van der Waals surface area contributed by atoms with Crippen LogP contribution < -0.4 is 9.64 Å². The van der Waals surface area contributed by atoms with E-state index < -0.39 is 29.2 Å². The average molecular weight is 392 g/mol. The summed E-state index contributed by atoms with van der Waals surface area (Å²) in [6, 6.07) is 11.3. The van der Waals surface area contributed by atoms with Gasteiger partial charge in [0.2, 0.25) is 5.88 Å². The number of nitrogens with zero attached hydrogens (tertiary/aromatic N) is 3. The summed E-state index contributed by atoms with van der Waals surface area (Å²) in [5, 5.41) is 9.48. The Balaban J connectivity index is 1.91. The predicted molar refractivity (Wildman–Crippen MR) is 94.1 cm³/mol. The van der Waals surface area contributed by atoms with E-state index in [9.17, 15) is 18.7 Å². The van der Waals surface area contributed by atoms with Crippen LogP contribution in [-0.2, 0) is 6.54 Å². The van der Waals surface area contributed by atoms with Crippen molar-refractivity contribution in [2.75, 3.05) is 4.90 Å². The lowest BCUT2D eigenvalue weighted by Gasteiger charge is -2.20. The topological polar surface area (TPSA) is 75.5 Å². The highest BCUT2D eigenvalue weighted by molar-refractivity contribution is 6.29. The summed E-state index contributed by atoms with van der Waals surface area (Å²) in [7, 11) is 0. The Morgan fingerprint density at radius 3 is 2.52 bits per heavy atom. The Bertz CT molecular complexity index is 973. The number of carbonyl (C=O) groups is 1. The van der Waals surface area contributed by atoms with Gasteiger partial charge in [0.15, 0.2) is 17.4 Å². The quantitative estimate of drug-likeness (QED) is 0.627. The normalized spacial score (nSPS) is 10.5. The molecule has 0 spiro atoms. The molecule has 3 rings (SSSR count). The van der Waals surface area contributed by atoms with Gasteiger partial charge in [-0.1, -0.05) is 41.9 Å². The minimum Gasteiger partial charge on any atom is -0.465 e. The summed E-state index contributed by atoms with van der Waals surface area (Å²) in [5.41, 5.74) is 0.188. The molecule has 27 heavy (non-hydrogen) atoms. The number of halogens is 3. The molecule has 0 fully saturated rings. The van der Waals surface area contributed by atoms with Gasteiger partial charge >= 0.3 is 6.09 Å². The van der Waals surface area contributed by atoms with Gasteiger partial charge in [-0.2, -0.15) is 0 Å². The Morgan fingerprint density at radius 1 is 1.11 bits per heavy atom. The summed E-state index contributed by atoms with van der Waals surface area (Å²) in [4.78, 5) is 19.7. The maximum Gasteiger partial charge on any atom is 0.412 e. The van der Waals surface area contributed by atoms with Crippen LogP contribution in [0.15, 0.2) is 54.9 Å². The van der Waals surface area contributed by atoms with E-state index in [4.69, 9.17) is 16.3 Å². The van der Waals surface area contributed by atoms with Crippen molar-refractivity contribution >= 4 is 23.4 Å². The monoisotopic (exact) mass is 391 g/mol. The predicted octanol–water partition coefficient (Wildman–Crippen LogP) is 4.89. The second-order valence-corrected chi connectivity index (χ2v) is 5.76. The third-order valence-electron chi connectivity index (χ3n) is 3.53. The van der Waals surface area contributed by atoms with Crippen LogP contribution in [0.5, 0.6) is 11.6 Å². The minimum absolute atomic E-state index is 0.0670. The minimum atomic E-state index is -1.42. The fraction of sp³-hybridized carbons (Fsp3) is 0.0556. The van der Waals surface area contributed by atoms with Gasteiger partial charge < -0.3 is 9.84 Å². The molecular weight excluding hydrogens is 380 g/mol. The third-order valence-corrected chi connectivity index (χ3v) is 3.74. The van der Waals surface area contributed by atoms with E-state index in [1.807, 2.05) is 0 Å². The van der Waals surface area contributed by atoms with Crippen LogP contribution in [0.2, 0.25) is 5.15 Å². The number of aromatic nitrogens is 2. The zero-order chi connectivity index (χ0) is 19.4. The summed E-state index contributed by atoms with van der Waals surface area (Å²) >= 11 is 5.69. The van der Waals surface area contributed by atoms with Crippen molar-refractivity contribution in [3.63, 3.8) is 0 Å². The molecule has 0 saturated carbocycles. The number of ether oxygens (including phenoxy) is 1. The van der Waals surface area contributed by atoms with Crippen molar-refractivity contribution in [3.8, 4) is 11.6 Å². The first kappa shape index (κ1) is 18.5. The molecule has 1 heterocycles. The SMILES string of the molecule is O=C(O)N(Cc1ccccc1)c1cc(F)c(Oc2cc(Cl)ncn2)cc1F. The molecule has 0 radical (unpaired) electrons. The van der Waals surface area contributed by atoms with E-state index >= 15 is 0 Å². The molecule has 0 saturated heterocycles. The molecule has 1 N–H and O–H groups in total. The van der Waals surface area contributed by atoms with Crippen LogP contribution in [0.25, 0.3) is 0 Å². The van der Waals surface area contributed by atoms with Crippen molar-refractivity contribution in [2.24, 2.45) is 0 Å². The first-order valence-electron chi connectivity index (χ1n) is 7.63. The maximum absolute atomic E-state index is 14.5. The Labute approximate surface area is 157 Å². The van der Waals surface area contributed by atoms with Gasteiger partial charge in [0.05, 0.1) is 12.2 Å². The van der Waals surface area contributed by atoms with Crippen LogP contribution in [-0.4, -0.2) is 21.2 Å². The van der Waals surface area contributed by atoms with E-state index in [1.54, 1.807) is 30.3 Å². The van der Waals surface area contributed by atoms with Crippen molar-refractivity contribution in [3.05, 3.63) is 77.2 Å². The molecule has 6 nitrogen and oxygen atoms in total. The van der Waals surface area contributed by atoms with Crippen LogP contribution in [0.4, 0.5) is 19.3 Å². The van der Waals surface area contributed by atoms with Crippen LogP contribution in [0.3, 0.4) is 0 Å². The summed E-state index contributed by atoms with van der Waals surface area (Å²) in [6.45, 7) is -0.145. The second-order valence-electron chi connectivity index (χ2n) is 5.37. The highest BCUT2D eigenvalue weighted by Crippen LogP contribution is 2.31. The smallest absolute Gasteiger partial charge is 0.412 e. The molecule has 3 aromatic rings. The van der Waals surface area contributed by atoms with E-state index in [2.05, 4.69) is 9.97 Å². The van der Waals surface area contributed by atoms with Gasteiger partial charge in [-0.15, -0.1) is 0 Å². The molecular formula is C18H12ClF2N3O3. The molecule has 0 aliphatic carbocycles. The van der Waals surface area contributed by atoms with Crippen LogP contribution in [0.1, 0.15) is 5.56 Å². The number of hydrogen-bond acceptors (Lipinski definition) is 4. The number of amides is 1. The first-order chi connectivity index (χ1) is 12.9.